The van der Waals surface area contributed by atoms with E-state index in [-0.39, 0.29) is 0 Å². The number of hydrogen-bond donors (Lipinski definition) is 0. The lowest BCUT2D eigenvalue weighted by Crippen LogP contribution is -2.34. The Bertz CT molecular complexity index is 449. The van der Waals surface area contributed by atoms with E-state index in [4.69, 9.17) is 14.2 Å². The highest BCUT2D eigenvalue weighted by Gasteiger charge is 2.28. The molecule has 3 aliphatic carbocycles. The molecule has 32 heavy (non-hydrogen) atoms. The van der Waals surface area contributed by atoms with E-state index < -0.39 is 0 Å². The molecule has 3 aliphatic rings. The highest BCUT2D eigenvalue weighted by Crippen LogP contribution is 2.31. The third-order valence-electron chi connectivity index (χ3n) is 8.26. The van der Waals surface area contributed by atoms with Crippen molar-refractivity contribution in [3.63, 3.8) is 0 Å². The van der Waals surface area contributed by atoms with Gasteiger partial charge in [-0.1, -0.05) is 71.1 Å². The summed E-state index contributed by atoms with van der Waals surface area (Å²) in [6, 6.07) is 0. The quantitative estimate of drug-likeness (QED) is 0.249. The molecule has 0 radical (unpaired) electrons. The summed E-state index contributed by atoms with van der Waals surface area (Å²) in [4.78, 5) is 0. The monoisotopic (exact) mass is 450 g/mol. The lowest BCUT2D eigenvalue weighted by molar-refractivity contribution is -0.0866. The first-order chi connectivity index (χ1) is 15.7. The average molecular weight is 451 g/mol. The fourth-order valence-electron chi connectivity index (χ4n) is 6.44. The summed E-state index contributed by atoms with van der Waals surface area (Å²) in [5.74, 6) is 0.602. The number of rotatable bonds is 14. The van der Waals surface area contributed by atoms with Crippen LogP contribution in [0.3, 0.4) is 0 Å². The van der Waals surface area contributed by atoms with Gasteiger partial charge in [0.25, 0.3) is 0 Å². The van der Waals surface area contributed by atoms with Crippen molar-refractivity contribution < 1.29 is 14.2 Å². The van der Waals surface area contributed by atoms with Crippen LogP contribution >= 0.6 is 0 Å². The predicted octanol–water partition coefficient (Wildman–Crippen LogP) is 8.38. The van der Waals surface area contributed by atoms with Gasteiger partial charge >= 0.3 is 0 Å². The first-order valence-electron chi connectivity index (χ1n) is 14.7. The Morgan fingerprint density at radius 3 is 1.75 bits per heavy atom. The van der Waals surface area contributed by atoms with Gasteiger partial charge in [0.15, 0.2) is 0 Å². The maximum absolute atomic E-state index is 6.84. The van der Waals surface area contributed by atoms with Crippen LogP contribution < -0.4 is 0 Å². The summed E-state index contributed by atoms with van der Waals surface area (Å²) >= 11 is 0. The minimum absolute atomic E-state index is 0.344. The van der Waals surface area contributed by atoms with Crippen LogP contribution in [0.1, 0.15) is 142 Å². The van der Waals surface area contributed by atoms with Gasteiger partial charge in [0.05, 0.1) is 30.5 Å². The van der Waals surface area contributed by atoms with E-state index in [1.165, 1.54) is 122 Å². The van der Waals surface area contributed by atoms with Gasteiger partial charge in [0, 0.05) is 6.61 Å². The molecule has 3 saturated carbocycles. The first-order valence-corrected chi connectivity index (χ1v) is 14.7. The van der Waals surface area contributed by atoms with Crippen LogP contribution in [0, 0.1) is 5.92 Å². The summed E-state index contributed by atoms with van der Waals surface area (Å²) in [5.41, 5.74) is 0. The second kappa shape index (κ2) is 15.7. The molecule has 0 bridgehead atoms. The molecule has 0 saturated heterocycles. The van der Waals surface area contributed by atoms with Crippen molar-refractivity contribution in [1.29, 1.82) is 0 Å². The molecule has 3 rings (SSSR count). The SMILES string of the molecule is CCCC(OC1CCCCC1)C(CCCOC1CCCCC1)CC(C)OC1CCCCC1. The fraction of sp³-hybridized carbons (Fsp3) is 1.00. The molecule has 0 aromatic heterocycles. The van der Waals surface area contributed by atoms with Crippen LogP contribution in [-0.2, 0) is 14.2 Å². The summed E-state index contributed by atoms with van der Waals surface area (Å²) < 4.78 is 19.7. The summed E-state index contributed by atoms with van der Waals surface area (Å²) in [6.07, 6.45) is 28.2. The van der Waals surface area contributed by atoms with Crippen LogP contribution in [-0.4, -0.2) is 37.1 Å². The van der Waals surface area contributed by atoms with E-state index in [0.29, 0.717) is 36.4 Å². The molecule has 0 aromatic carbocycles. The molecular weight excluding hydrogens is 396 g/mol. The molecule has 3 heteroatoms. The highest BCUT2D eigenvalue weighted by atomic mass is 16.5. The van der Waals surface area contributed by atoms with E-state index in [0.717, 1.165) is 13.0 Å². The second-order valence-corrected chi connectivity index (χ2v) is 11.2. The zero-order valence-electron chi connectivity index (χ0n) is 21.5. The molecule has 0 aliphatic heterocycles. The van der Waals surface area contributed by atoms with E-state index in [2.05, 4.69) is 13.8 Å². The van der Waals surface area contributed by atoms with E-state index in [9.17, 15) is 0 Å². The molecule has 3 unspecified atom stereocenters. The zero-order chi connectivity index (χ0) is 22.4. The second-order valence-electron chi connectivity index (χ2n) is 11.2. The van der Waals surface area contributed by atoms with E-state index in [1.54, 1.807) is 0 Å². The molecule has 3 atom stereocenters. The van der Waals surface area contributed by atoms with Crippen LogP contribution in [0.4, 0.5) is 0 Å². The Kier molecular flexibility index (Phi) is 13.0. The standard InChI is InChI=1S/C29H54O3/c1-3-14-29(32-28-20-11-6-12-21-28)25(15-13-22-30-26-16-7-4-8-17-26)23-24(2)31-27-18-9-5-10-19-27/h24-29H,3-23H2,1-2H3. The fourth-order valence-corrected chi connectivity index (χ4v) is 6.44. The van der Waals surface area contributed by atoms with Crippen LogP contribution in [0.15, 0.2) is 0 Å². The highest BCUT2D eigenvalue weighted by molar-refractivity contribution is 4.78. The van der Waals surface area contributed by atoms with E-state index >= 15 is 0 Å². The van der Waals surface area contributed by atoms with Gasteiger partial charge in [-0.3, -0.25) is 0 Å². The molecule has 188 valence electrons. The lowest BCUT2D eigenvalue weighted by atomic mass is 9.87. The molecule has 0 amide bonds. The Balaban J connectivity index is 1.51. The molecule has 3 nitrogen and oxygen atoms in total. The van der Waals surface area contributed by atoms with Gasteiger partial charge in [-0.05, 0) is 77.0 Å². The van der Waals surface area contributed by atoms with Crippen LogP contribution in [0.5, 0.6) is 0 Å². The lowest BCUT2D eigenvalue weighted by Gasteiger charge is -2.35. The third kappa shape index (κ3) is 10.0. The summed E-state index contributed by atoms with van der Waals surface area (Å²) in [7, 11) is 0. The minimum atomic E-state index is 0.344. The minimum Gasteiger partial charge on any atom is -0.378 e. The van der Waals surface area contributed by atoms with Gasteiger partial charge in [-0.15, -0.1) is 0 Å². The number of hydrogen-bond acceptors (Lipinski definition) is 3. The Morgan fingerprint density at radius 1 is 0.656 bits per heavy atom. The molecule has 0 heterocycles. The van der Waals surface area contributed by atoms with Crippen molar-refractivity contribution in [1.82, 2.24) is 0 Å². The van der Waals surface area contributed by atoms with Crippen LogP contribution in [0.25, 0.3) is 0 Å². The van der Waals surface area contributed by atoms with Crippen molar-refractivity contribution in [2.75, 3.05) is 6.61 Å². The summed E-state index contributed by atoms with van der Waals surface area (Å²) in [5, 5.41) is 0. The molecule has 3 fully saturated rings. The van der Waals surface area contributed by atoms with Crippen molar-refractivity contribution in [3.8, 4) is 0 Å². The maximum atomic E-state index is 6.84. The van der Waals surface area contributed by atoms with Crippen molar-refractivity contribution in [2.45, 2.75) is 173 Å². The third-order valence-corrected chi connectivity index (χ3v) is 8.26. The molecular formula is C29H54O3. The zero-order valence-corrected chi connectivity index (χ0v) is 21.5. The van der Waals surface area contributed by atoms with Gasteiger partial charge in [-0.2, -0.15) is 0 Å². The molecule has 0 aromatic rings. The van der Waals surface area contributed by atoms with Gasteiger partial charge < -0.3 is 14.2 Å². The molecule has 0 spiro atoms. The maximum Gasteiger partial charge on any atom is 0.0607 e. The smallest absolute Gasteiger partial charge is 0.0607 e. The number of ether oxygens (including phenoxy) is 3. The van der Waals surface area contributed by atoms with Crippen molar-refractivity contribution >= 4 is 0 Å². The average Bonchev–Trinajstić information content (AvgIpc) is 2.83. The Morgan fingerprint density at radius 2 is 1.19 bits per heavy atom. The normalized spacial score (nSPS) is 24.9. The summed E-state index contributed by atoms with van der Waals surface area (Å²) in [6.45, 7) is 5.58. The van der Waals surface area contributed by atoms with E-state index in [1.807, 2.05) is 0 Å². The topological polar surface area (TPSA) is 27.7 Å². The van der Waals surface area contributed by atoms with Gasteiger partial charge in [0.2, 0.25) is 0 Å². The van der Waals surface area contributed by atoms with Gasteiger partial charge in [-0.25, -0.2) is 0 Å². The van der Waals surface area contributed by atoms with Crippen LogP contribution in [0.2, 0.25) is 0 Å². The largest absolute Gasteiger partial charge is 0.378 e. The van der Waals surface area contributed by atoms with Crippen molar-refractivity contribution in [2.24, 2.45) is 5.92 Å². The Labute approximate surface area is 199 Å². The van der Waals surface area contributed by atoms with Crippen molar-refractivity contribution in [3.05, 3.63) is 0 Å². The van der Waals surface area contributed by atoms with Gasteiger partial charge in [0.1, 0.15) is 0 Å². The predicted molar refractivity (Wildman–Crippen MR) is 134 cm³/mol. The molecule has 0 N–H and O–H groups in total. The Hall–Kier alpha value is -0.120. The first kappa shape index (κ1) is 26.5.